The van der Waals surface area contributed by atoms with Gasteiger partial charge in [0.1, 0.15) is 0 Å². The van der Waals surface area contributed by atoms with E-state index in [9.17, 15) is 0 Å². The van der Waals surface area contributed by atoms with Crippen molar-refractivity contribution in [2.24, 2.45) is 0 Å². The van der Waals surface area contributed by atoms with E-state index >= 15 is 0 Å². The van der Waals surface area contributed by atoms with E-state index in [-0.39, 0.29) is 11.8 Å². The van der Waals surface area contributed by atoms with Crippen molar-refractivity contribution in [3.8, 4) is 23.4 Å². The average molecular weight is 218 g/mol. The second-order valence-electron chi connectivity index (χ2n) is 2.90. The summed E-state index contributed by atoms with van der Waals surface area (Å²) in [5.74, 6) is 1.50. The van der Waals surface area contributed by atoms with Crippen LogP contribution < -0.4 is 5.73 Å². The number of hydrogen-bond donors (Lipinski definition) is 3. The maximum Gasteiger partial charge on any atom is 0.295 e. The number of H-pyrrole nitrogens is 2. The third-order valence-electron chi connectivity index (χ3n) is 1.84. The molecule has 4 N–H and O–H groups in total. The largest absolute Gasteiger partial charge is 0.366 e. The van der Waals surface area contributed by atoms with Gasteiger partial charge in [-0.15, -0.1) is 5.10 Å². The molecule has 3 aromatic heterocycles. The number of nitrogen functional groups attached to an aromatic ring is 1. The van der Waals surface area contributed by atoms with Gasteiger partial charge in [-0.3, -0.25) is 5.10 Å². The van der Waals surface area contributed by atoms with Crippen LogP contribution in [0.1, 0.15) is 0 Å². The van der Waals surface area contributed by atoms with Gasteiger partial charge in [0, 0.05) is 12.4 Å². The lowest BCUT2D eigenvalue weighted by Crippen LogP contribution is -1.86. The number of nitrogens with zero attached hydrogens (tertiary/aromatic N) is 5. The first kappa shape index (κ1) is 8.59. The third kappa shape index (κ3) is 1.30. The SMILES string of the molecule is Nc1n[nH]c(-c2nc(-c3ncc[nH]3)no2)n1. The maximum absolute atomic E-state index is 5.36. The zero-order valence-corrected chi connectivity index (χ0v) is 7.88. The number of aromatic amines is 2. The molecule has 0 aliphatic carbocycles. The summed E-state index contributed by atoms with van der Waals surface area (Å²) in [4.78, 5) is 14.8. The molecule has 16 heavy (non-hydrogen) atoms. The van der Waals surface area contributed by atoms with Crippen molar-refractivity contribution < 1.29 is 4.52 Å². The number of imidazole rings is 1. The van der Waals surface area contributed by atoms with Crippen LogP contribution in [0.2, 0.25) is 0 Å². The minimum absolute atomic E-state index is 0.118. The zero-order chi connectivity index (χ0) is 11.0. The Morgan fingerprint density at radius 3 is 2.88 bits per heavy atom. The summed E-state index contributed by atoms with van der Waals surface area (Å²) in [6.45, 7) is 0. The highest BCUT2D eigenvalue weighted by Crippen LogP contribution is 2.16. The summed E-state index contributed by atoms with van der Waals surface area (Å²) in [5.41, 5.74) is 5.36. The molecule has 3 heterocycles. The van der Waals surface area contributed by atoms with Crippen molar-refractivity contribution in [1.82, 2.24) is 35.3 Å². The van der Waals surface area contributed by atoms with Crippen molar-refractivity contribution in [1.29, 1.82) is 0 Å². The van der Waals surface area contributed by atoms with Crippen LogP contribution in [0.25, 0.3) is 23.4 Å². The molecule has 0 atom stereocenters. The first-order valence-electron chi connectivity index (χ1n) is 4.34. The molecule has 0 aliphatic rings. The Morgan fingerprint density at radius 2 is 2.19 bits per heavy atom. The number of nitrogens with one attached hydrogen (secondary N) is 2. The number of aromatic nitrogens is 7. The van der Waals surface area contributed by atoms with Gasteiger partial charge in [-0.1, -0.05) is 5.16 Å². The van der Waals surface area contributed by atoms with E-state index in [4.69, 9.17) is 10.3 Å². The highest BCUT2D eigenvalue weighted by Gasteiger charge is 2.14. The fraction of sp³-hybridized carbons (Fsp3) is 0. The van der Waals surface area contributed by atoms with E-state index in [1.54, 1.807) is 12.4 Å². The number of hydrogen-bond acceptors (Lipinski definition) is 7. The molecule has 0 bridgehead atoms. The molecule has 9 heteroatoms. The van der Waals surface area contributed by atoms with Crippen molar-refractivity contribution in [3.05, 3.63) is 12.4 Å². The Labute approximate surface area is 88.1 Å². The van der Waals surface area contributed by atoms with Gasteiger partial charge in [0.25, 0.3) is 5.89 Å². The molecule has 0 fully saturated rings. The van der Waals surface area contributed by atoms with Crippen molar-refractivity contribution >= 4 is 5.95 Å². The van der Waals surface area contributed by atoms with E-state index in [0.29, 0.717) is 17.5 Å². The number of nitrogens with two attached hydrogens (primary N) is 1. The van der Waals surface area contributed by atoms with Gasteiger partial charge in [0.2, 0.25) is 17.6 Å². The molecule has 0 radical (unpaired) electrons. The van der Waals surface area contributed by atoms with Crippen molar-refractivity contribution in [3.63, 3.8) is 0 Å². The third-order valence-corrected chi connectivity index (χ3v) is 1.84. The topological polar surface area (TPSA) is 135 Å². The van der Waals surface area contributed by atoms with Gasteiger partial charge in [0.05, 0.1) is 0 Å². The lowest BCUT2D eigenvalue weighted by Gasteiger charge is -1.82. The summed E-state index contributed by atoms with van der Waals surface area (Å²) in [7, 11) is 0. The quantitative estimate of drug-likeness (QED) is 0.543. The van der Waals surface area contributed by atoms with Gasteiger partial charge in [-0.05, 0) is 0 Å². The van der Waals surface area contributed by atoms with Crippen molar-refractivity contribution in [2.45, 2.75) is 0 Å². The second kappa shape index (κ2) is 3.15. The Kier molecular flexibility index (Phi) is 1.69. The highest BCUT2D eigenvalue weighted by atomic mass is 16.5. The standard InChI is InChI=1S/C7H6N8O/c8-7-12-5(13-14-7)6-11-4(15-16-6)3-9-1-2-10-3/h1-2H,(H,9,10)(H3,8,12,13,14). The van der Waals surface area contributed by atoms with Gasteiger partial charge < -0.3 is 15.2 Å². The Hall–Kier alpha value is -2.71. The molecule has 0 spiro atoms. The molecular weight excluding hydrogens is 212 g/mol. The van der Waals surface area contributed by atoms with E-state index in [2.05, 4.69) is 35.3 Å². The highest BCUT2D eigenvalue weighted by molar-refractivity contribution is 5.48. The summed E-state index contributed by atoms with van der Waals surface area (Å²) in [6.07, 6.45) is 3.26. The smallest absolute Gasteiger partial charge is 0.295 e. The predicted molar refractivity (Wildman–Crippen MR) is 51.7 cm³/mol. The fourth-order valence-electron chi connectivity index (χ4n) is 1.17. The van der Waals surface area contributed by atoms with Crippen LogP contribution in [0.5, 0.6) is 0 Å². The molecule has 0 amide bonds. The molecule has 0 unspecified atom stereocenters. The monoisotopic (exact) mass is 218 g/mol. The van der Waals surface area contributed by atoms with Crippen LogP contribution in [0.3, 0.4) is 0 Å². The molecule has 9 nitrogen and oxygen atoms in total. The summed E-state index contributed by atoms with van der Waals surface area (Å²) in [6, 6.07) is 0. The average Bonchev–Trinajstić information content (AvgIpc) is 2.97. The molecule has 0 aliphatic heterocycles. The Bertz CT molecular complexity index is 593. The molecule has 3 rings (SSSR count). The summed E-state index contributed by atoms with van der Waals surface area (Å²) in [5, 5.41) is 9.96. The van der Waals surface area contributed by atoms with Gasteiger partial charge in [-0.25, -0.2) is 4.98 Å². The second-order valence-corrected chi connectivity index (χ2v) is 2.90. The van der Waals surface area contributed by atoms with E-state index in [1.807, 2.05) is 0 Å². The molecule has 80 valence electrons. The predicted octanol–water partition coefficient (Wildman–Crippen LogP) is -0.173. The molecule has 0 saturated heterocycles. The van der Waals surface area contributed by atoms with Crippen LogP contribution in [-0.2, 0) is 0 Å². The normalized spacial score (nSPS) is 10.8. The van der Waals surface area contributed by atoms with Crippen LogP contribution in [0, 0.1) is 0 Å². The minimum Gasteiger partial charge on any atom is -0.366 e. The number of rotatable bonds is 2. The van der Waals surface area contributed by atoms with Gasteiger partial charge in [-0.2, -0.15) is 9.97 Å². The fourth-order valence-corrected chi connectivity index (χ4v) is 1.17. The summed E-state index contributed by atoms with van der Waals surface area (Å²) < 4.78 is 4.98. The lowest BCUT2D eigenvalue weighted by molar-refractivity contribution is 0.429. The molecular formula is C7H6N8O. The van der Waals surface area contributed by atoms with Crippen LogP contribution in [-0.4, -0.2) is 35.3 Å². The molecule has 3 aromatic rings. The van der Waals surface area contributed by atoms with E-state index < -0.39 is 0 Å². The lowest BCUT2D eigenvalue weighted by atomic mass is 10.5. The maximum atomic E-state index is 5.36. The first-order valence-corrected chi connectivity index (χ1v) is 4.34. The minimum atomic E-state index is 0.118. The molecule has 0 saturated carbocycles. The van der Waals surface area contributed by atoms with E-state index in [0.717, 1.165) is 0 Å². The summed E-state index contributed by atoms with van der Waals surface area (Å²) >= 11 is 0. The zero-order valence-electron chi connectivity index (χ0n) is 7.88. The Balaban J connectivity index is 2.00. The van der Waals surface area contributed by atoms with Crippen LogP contribution in [0.4, 0.5) is 5.95 Å². The number of anilines is 1. The van der Waals surface area contributed by atoms with Gasteiger partial charge in [0.15, 0.2) is 5.82 Å². The van der Waals surface area contributed by atoms with Gasteiger partial charge >= 0.3 is 0 Å². The van der Waals surface area contributed by atoms with Crippen molar-refractivity contribution in [2.75, 3.05) is 5.73 Å². The molecule has 0 aromatic carbocycles. The first-order chi connectivity index (χ1) is 7.83. The van der Waals surface area contributed by atoms with E-state index in [1.165, 1.54) is 0 Å². The van der Waals surface area contributed by atoms with Crippen LogP contribution in [0.15, 0.2) is 16.9 Å². The Morgan fingerprint density at radius 1 is 1.25 bits per heavy atom. The van der Waals surface area contributed by atoms with Crippen LogP contribution >= 0.6 is 0 Å².